The van der Waals surface area contributed by atoms with Crippen molar-refractivity contribution in [3.05, 3.63) is 12.2 Å². The van der Waals surface area contributed by atoms with Crippen molar-refractivity contribution in [3.8, 4) is 0 Å². The van der Waals surface area contributed by atoms with E-state index in [1.807, 2.05) is 34.6 Å². The quantitative estimate of drug-likeness (QED) is 0.110. The summed E-state index contributed by atoms with van der Waals surface area (Å²) in [5.74, 6) is -14.8. The number of rotatable bonds is 14. The van der Waals surface area contributed by atoms with Gasteiger partial charge in [-0.1, -0.05) is 85.8 Å². The normalized spacial score (nSPS) is 33.0. The summed E-state index contributed by atoms with van der Waals surface area (Å²) < 4.78 is 121. The number of fused-ring (bicyclic) bond motifs is 4. The molecule has 0 aromatic rings. The van der Waals surface area contributed by atoms with E-state index in [0.29, 0.717) is 32.1 Å². The zero-order chi connectivity index (χ0) is 79.1. The van der Waals surface area contributed by atoms with E-state index in [9.17, 15) is 50.3 Å². The Kier molecular flexibility index (Phi) is 28.9. The molecule has 4 saturated carbocycles. The average molecular weight is 1530 g/mol. The first kappa shape index (κ1) is 85.9. The van der Waals surface area contributed by atoms with Crippen LogP contribution in [-0.2, 0) is 57.5 Å². The van der Waals surface area contributed by atoms with E-state index in [-0.39, 0.29) is 116 Å². The minimum Gasteiger partial charge on any atom is -0.377 e. The van der Waals surface area contributed by atoms with Crippen molar-refractivity contribution in [2.75, 3.05) is 74.6 Å². The van der Waals surface area contributed by atoms with E-state index in [1.54, 1.807) is 30.9 Å². The van der Waals surface area contributed by atoms with Crippen molar-refractivity contribution in [2.24, 2.45) is 46.8 Å². The Bertz CT molecular complexity index is 3200. The van der Waals surface area contributed by atoms with Gasteiger partial charge in [0.25, 0.3) is 0 Å². The van der Waals surface area contributed by atoms with Crippen LogP contribution in [0.1, 0.15) is 196 Å². The maximum atomic E-state index is 15.7. The summed E-state index contributed by atoms with van der Waals surface area (Å²) in [5, 5.41) is 8.62. The summed E-state index contributed by atoms with van der Waals surface area (Å²) in [6.07, 6.45) is -11.4. The molecule has 107 heavy (non-hydrogen) atoms. The summed E-state index contributed by atoms with van der Waals surface area (Å²) in [4.78, 5) is 177. The van der Waals surface area contributed by atoms with E-state index in [4.69, 9.17) is 4.74 Å². The highest BCUT2D eigenvalue weighted by Gasteiger charge is 2.60. The Hall–Kier alpha value is -6.69. The van der Waals surface area contributed by atoms with Crippen molar-refractivity contribution in [3.63, 3.8) is 0 Å². The zero-order valence-corrected chi connectivity index (χ0v) is 64.6. The standard InChI is InChI=1S/C76H117F8N11O12/c1-13-44(5)63-70(104)89(9)41-61(98)90(10)55-22-18-17-19-31-94(69(55)103)58(36-46-25-28-49(29-26-46)75(79,80)81)68(102)88(8)40-59(96)85-54(30-27-47-33-52(77)62(53(78)34-47)76(82,83)84)67(101)95-39-51(107-16-4)38-57(95)66(100)87-74(42-73(6,7)43-74)72(106)92(12)64(48(14-2)15-3)71(105)93-32-20-21-50(93)37-60(97)91(11)56(65(99)86-63)35-45-23-24-45/h17-18,44-58,62-64H,13-16,19-43H2,1-12H3,(H,85,96)(H,86,99)(H,87,100)/b18-17-/t44-,46?,47?,49?,50+,51+,52?,53?,54-,55-,56-,57-,58-,62?,63-,64-/m0/s1. The van der Waals surface area contributed by atoms with Crippen molar-refractivity contribution >= 4 is 65.0 Å². The molecule has 1 spiro atoms. The van der Waals surface area contributed by atoms with Crippen molar-refractivity contribution in [2.45, 2.75) is 281 Å². The third kappa shape index (κ3) is 20.7. The maximum Gasteiger partial charge on any atom is 0.397 e. The number of nitrogens with zero attached hydrogens (tertiary/aromatic N) is 8. The number of hydrogen-bond acceptors (Lipinski definition) is 12. The third-order valence-electron chi connectivity index (χ3n) is 24.6. The molecule has 3 saturated heterocycles. The van der Waals surface area contributed by atoms with Gasteiger partial charge in [0.2, 0.25) is 65.0 Å². The fourth-order valence-electron chi connectivity index (χ4n) is 18.1. The molecule has 4 aliphatic carbocycles. The van der Waals surface area contributed by atoms with Crippen molar-refractivity contribution in [1.29, 1.82) is 0 Å². The minimum atomic E-state index is -5.21. The first-order valence-corrected chi connectivity index (χ1v) is 39.0. The second kappa shape index (κ2) is 36.0. The van der Waals surface area contributed by atoms with Crippen LogP contribution in [0.15, 0.2) is 12.2 Å². The lowest BCUT2D eigenvalue weighted by atomic mass is 9.58. The van der Waals surface area contributed by atoms with Crippen LogP contribution in [0.5, 0.6) is 0 Å². The van der Waals surface area contributed by atoms with Gasteiger partial charge in [0, 0.05) is 80.4 Å². The molecule has 7 fully saturated rings. The lowest BCUT2D eigenvalue weighted by Gasteiger charge is -2.54. The molecule has 23 nitrogen and oxygen atoms in total. The maximum absolute atomic E-state index is 15.7. The van der Waals surface area contributed by atoms with E-state index in [2.05, 4.69) is 16.0 Å². The Morgan fingerprint density at radius 1 is 0.589 bits per heavy atom. The van der Waals surface area contributed by atoms with E-state index in [1.165, 1.54) is 49.9 Å². The highest BCUT2D eigenvalue weighted by atomic mass is 19.4. The number of carbonyl (C=O) groups is 11. The number of ether oxygens (including phenoxy) is 1. The molecule has 31 heteroatoms. The van der Waals surface area contributed by atoms with Crippen LogP contribution in [0.25, 0.3) is 0 Å². The molecule has 4 aliphatic heterocycles. The molecule has 4 heterocycles. The highest BCUT2D eigenvalue weighted by Crippen LogP contribution is 2.50. The van der Waals surface area contributed by atoms with Gasteiger partial charge < -0.3 is 59.9 Å². The van der Waals surface area contributed by atoms with Gasteiger partial charge >= 0.3 is 12.4 Å². The van der Waals surface area contributed by atoms with Gasteiger partial charge in [0.1, 0.15) is 66.1 Å². The number of amides is 11. The van der Waals surface area contributed by atoms with Crippen LogP contribution in [0.3, 0.4) is 0 Å². The van der Waals surface area contributed by atoms with Crippen LogP contribution < -0.4 is 16.0 Å². The van der Waals surface area contributed by atoms with E-state index >= 15 is 37.5 Å². The number of likely N-dealkylation sites (N-methyl/N-ethyl adjacent to an activating group) is 5. The summed E-state index contributed by atoms with van der Waals surface area (Å²) in [6.45, 7) is 11.3. The molecule has 3 N–H and O–H groups in total. The molecular weight excluding hydrogens is 1410 g/mol. The van der Waals surface area contributed by atoms with Gasteiger partial charge in [-0.3, -0.25) is 52.7 Å². The molecule has 12 atom stereocenters. The lowest BCUT2D eigenvalue weighted by molar-refractivity contribution is -0.219. The molecule has 2 bridgehead atoms. The monoisotopic (exact) mass is 1530 g/mol. The summed E-state index contributed by atoms with van der Waals surface area (Å²) in [6, 6.07) is -9.97. The Labute approximate surface area is 624 Å². The van der Waals surface area contributed by atoms with Gasteiger partial charge in [-0.2, -0.15) is 26.3 Å². The third-order valence-corrected chi connectivity index (χ3v) is 24.6. The SMILES string of the molecule is CCO[C@@H]1C[C@H]2C(=O)NC3(CC(C)(C)C3)C(=O)N(C)[C@@H](C(CC)CC)C(=O)N3CCC[C@@H]3CC(=O)N(C)[C@@H](CC3CC3)C(=O)N[C@@H]([C@@H](C)CC)C(=O)N(C)CC(=O)N(C)[C@H]3C/C=C\CCN(C3=O)[C@@H](CC3CCC(C(F)(F)F)CC3)C(=O)N(C)CC(=O)N[C@@H](CCC3CC(F)C(C(F)(F)F)C(F)C3)C(=O)N2C1. The molecule has 604 valence electrons. The summed E-state index contributed by atoms with van der Waals surface area (Å²) in [5.41, 5.74) is -2.22. The van der Waals surface area contributed by atoms with Gasteiger partial charge in [-0.15, -0.1) is 0 Å². The van der Waals surface area contributed by atoms with Crippen LogP contribution in [-0.4, -0.2) is 263 Å². The fraction of sp³-hybridized carbons (Fsp3) is 0.829. The fourth-order valence-corrected chi connectivity index (χ4v) is 18.1. The molecule has 0 aromatic carbocycles. The van der Waals surface area contributed by atoms with E-state index < -0.39 is 223 Å². The van der Waals surface area contributed by atoms with Crippen molar-refractivity contribution < 1.29 is 92.6 Å². The Morgan fingerprint density at radius 2 is 1.20 bits per heavy atom. The molecule has 8 rings (SSSR count). The highest BCUT2D eigenvalue weighted by molar-refractivity contribution is 6.00. The van der Waals surface area contributed by atoms with Gasteiger partial charge in [0.15, 0.2) is 0 Å². The van der Waals surface area contributed by atoms with Crippen LogP contribution >= 0.6 is 0 Å². The largest absolute Gasteiger partial charge is 0.397 e. The minimum absolute atomic E-state index is 0.00933. The Morgan fingerprint density at radius 3 is 1.77 bits per heavy atom. The van der Waals surface area contributed by atoms with Crippen LogP contribution in [0.2, 0.25) is 0 Å². The molecule has 2 unspecified atom stereocenters. The first-order valence-electron chi connectivity index (χ1n) is 39.0. The number of carbonyl (C=O) groups excluding carboxylic acids is 11. The summed E-state index contributed by atoms with van der Waals surface area (Å²) in [7, 11) is 6.97. The predicted octanol–water partition coefficient (Wildman–Crippen LogP) is 8.06. The van der Waals surface area contributed by atoms with Gasteiger partial charge in [0.05, 0.1) is 25.1 Å². The second-order valence-corrected chi connectivity index (χ2v) is 33.0. The molecule has 11 amide bonds. The molecule has 8 aliphatic rings. The molecule has 0 radical (unpaired) electrons. The zero-order valence-electron chi connectivity index (χ0n) is 64.6. The van der Waals surface area contributed by atoms with Crippen LogP contribution in [0.4, 0.5) is 35.1 Å². The lowest BCUT2D eigenvalue weighted by Crippen LogP contribution is -2.71. The Balaban J connectivity index is 1.19. The van der Waals surface area contributed by atoms with Crippen LogP contribution in [0, 0.1) is 46.8 Å². The topological polar surface area (TPSA) is 259 Å². The molecular formula is C76H117F8N11O12. The number of nitrogens with one attached hydrogen (secondary N) is 3. The number of hydrogen-bond donors (Lipinski definition) is 3. The number of alkyl halides is 8. The smallest absolute Gasteiger partial charge is 0.377 e. The van der Waals surface area contributed by atoms with Gasteiger partial charge in [-0.05, 0) is 145 Å². The molecule has 0 aromatic heterocycles. The number of halogens is 8. The first-order chi connectivity index (χ1) is 50.2. The predicted molar refractivity (Wildman–Crippen MR) is 380 cm³/mol. The second-order valence-electron chi connectivity index (χ2n) is 33.0. The average Bonchev–Trinajstić information content (AvgIpc) is 1.49. The van der Waals surface area contributed by atoms with Crippen molar-refractivity contribution in [1.82, 2.24) is 55.1 Å². The van der Waals surface area contributed by atoms with E-state index in [0.717, 1.165) is 32.4 Å². The summed E-state index contributed by atoms with van der Waals surface area (Å²) >= 11 is 0. The van der Waals surface area contributed by atoms with Gasteiger partial charge in [-0.25, -0.2) is 8.78 Å².